The molecule has 0 saturated carbocycles. The van der Waals surface area contributed by atoms with Crippen molar-refractivity contribution in [1.29, 1.82) is 0 Å². The van der Waals surface area contributed by atoms with Gasteiger partial charge in [0.15, 0.2) is 0 Å². The van der Waals surface area contributed by atoms with E-state index in [2.05, 4.69) is 20.6 Å². The van der Waals surface area contributed by atoms with E-state index in [0.717, 1.165) is 5.69 Å². The molecule has 0 bridgehead atoms. The van der Waals surface area contributed by atoms with Crippen molar-refractivity contribution in [3.05, 3.63) is 83.3 Å². The van der Waals surface area contributed by atoms with E-state index in [4.69, 9.17) is 11.6 Å². The van der Waals surface area contributed by atoms with E-state index in [9.17, 15) is 4.79 Å². The number of anilines is 2. The Morgan fingerprint density at radius 1 is 1.00 bits per heavy atom. The van der Waals surface area contributed by atoms with Crippen molar-refractivity contribution >= 4 is 29.0 Å². The van der Waals surface area contributed by atoms with Gasteiger partial charge in [-0.15, -0.1) is 0 Å². The third-order valence-corrected chi connectivity index (χ3v) is 3.65. The molecule has 1 aromatic carbocycles. The van der Waals surface area contributed by atoms with Gasteiger partial charge in [0.2, 0.25) is 0 Å². The number of rotatable bonds is 5. The lowest BCUT2D eigenvalue weighted by molar-refractivity contribution is 0.102. The number of carbonyl (C=O) groups excluding carboxylic acids is 1. The summed E-state index contributed by atoms with van der Waals surface area (Å²) in [5.41, 5.74) is 1.95. The molecule has 0 fully saturated rings. The lowest BCUT2D eigenvalue weighted by Crippen LogP contribution is -2.12. The van der Waals surface area contributed by atoms with Crippen molar-refractivity contribution in [3.8, 4) is 0 Å². The van der Waals surface area contributed by atoms with Crippen LogP contribution in [0, 0.1) is 0 Å². The van der Waals surface area contributed by atoms with E-state index in [1.165, 1.54) is 0 Å². The molecule has 0 aliphatic carbocycles. The molecule has 3 aromatic rings. The molecule has 1 amide bonds. The number of amides is 1. The fourth-order valence-electron chi connectivity index (χ4n) is 2.10. The van der Waals surface area contributed by atoms with Crippen molar-refractivity contribution in [2.45, 2.75) is 6.54 Å². The monoisotopic (exact) mass is 338 g/mol. The van der Waals surface area contributed by atoms with Gasteiger partial charge >= 0.3 is 0 Å². The summed E-state index contributed by atoms with van der Waals surface area (Å²) in [6.07, 6.45) is 3.34. The number of nitrogens with one attached hydrogen (secondary N) is 2. The predicted octanol–water partition coefficient (Wildman–Crippen LogP) is 3.99. The Kier molecular flexibility index (Phi) is 5.03. The quantitative estimate of drug-likeness (QED) is 0.738. The smallest absolute Gasteiger partial charge is 0.257 e. The molecule has 0 saturated heterocycles. The maximum atomic E-state index is 12.2. The van der Waals surface area contributed by atoms with Gasteiger partial charge in [0.05, 0.1) is 34.7 Å². The summed E-state index contributed by atoms with van der Waals surface area (Å²) >= 11 is 6.02. The van der Waals surface area contributed by atoms with Crippen LogP contribution in [0.4, 0.5) is 11.5 Å². The molecule has 5 nitrogen and oxygen atoms in total. The lowest BCUT2D eigenvalue weighted by Gasteiger charge is -2.08. The first-order chi connectivity index (χ1) is 11.7. The summed E-state index contributed by atoms with van der Waals surface area (Å²) in [6.45, 7) is 0.583. The molecule has 0 unspecified atom stereocenters. The van der Waals surface area contributed by atoms with Gasteiger partial charge in [-0.05, 0) is 36.4 Å². The molecule has 0 aliphatic heterocycles. The average molecular weight is 339 g/mol. The van der Waals surface area contributed by atoms with Gasteiger partial charge in [0, 0.05) is 6.20 Å². The van der Waals surface area contributed by atoms with Gasteiger partial charge < -0.3 is 10.6 Å². The highest BCUT2D eigenvalue weighted by molar-refractivity contribution is 6.34. The third kappa shape index (κ3) is 4.08. The summed E-state index contributed by atoms with van der Waals surface area (Å²) in [7, 11) is 0. The molecule has 2 aromatic heterocycles. The SMILES string of the molecule is O=C(Nc1ccc(NCc2ccccn2)nc1)c1ccccc1Cl. The fraction of sp³-hybridized carbons (Fsp3) is 0.0556. The molecule has 0 aliphatic rings. The Balaban J connectivity index is 1.60. The molecular formula is C18H15ClN4O. The average Bonchev–Trinajstić information content (AvgIpc) is 2.62. The highest BCUT2D eigenvalue weighted by Crippen LogP contribution is 2.17. The minimum absolute atomic E-state index is 0.267. The van der Waals surface area contributed by atoms with Gasteiger partial charge in [-0.2, -0.15) is 0 Å². The van der Waals surface area contributed by atoms with Crippen LogP contribution in [-0.4, -0.2) is 15.9 Å². The second kappa shape index (κ2) is 7.57. The maximum Gasteiger partial charge on any atom is 0.257 e. The number of pyridine rings is 2. The number of halogens is 1. The van der Waals surface area contributed by atoms with Crippen LogP contribution < -0.4 is 10.6 Å². The molecule has 3 rings (SSSR count). The van der Waals surface area contributed by atoms with Crippen molar-refractivity contribution < 1.29 is 4.79 Å². The van der Waals surface area contributed by atoms with Crippen LogP contribution in [-0.2, 0) is 6.54 Å². The largest absolute Gasteiger partial charge is 0.364 e. The van der Waals surface area contributed by atoms with E-state index < -0.39 is 0 Å². The zero-order chi connectivity index (χ0) is 16.8. The summed E-state index contributed by atoms with van der Waals surface area (Å²) in [6, 6.07) is 16.2. The zero-order valence-electron chi connectivity index (χ0n) is 12.7. The first-order valence-corrected chi connectivity index (χ1v) is 7.76. The van der Waals surface area contributed by atoms with Crippen LogP contribution in [0.25, 0.3) is 0 Å². The van der Waals surface area contributed by atoms with Crippen LogP contribution in [0.2, 0.25) is 5.02 Å². The Hall–Kier alpha value is -2.92. The summed E-state index contributed by atoms with van der Waals surface area (Å²) < 4.78 is 0. The normalized spacial score (nSPS) is 10.2. The zero-order valence-corrected chi connectivity index (χ0v) is 13.5. The van der Waals surface area contributed by atoms with E-state index in [-0.39, 0.29) is 5.91 Å². The standard InChI is InChI=1S/C18H15ClN4O/c19-16-7-2-1-6-15(16)18(24)23-14-8-9-17(22-12-14)21-11-13-5-3-4-10-20-13/h1-10,12H,11H2,(H,21,22)(H,23,24). The first kappa shape index (κ1) is 16.0. The second-order valence-corrected chi connectivity index (χ2v) is 5.45. The molecule has 0 atom stereocenters. The number of carbonyl (C=O) groups is 1. The molecule has 0 spiro atoms. The van der Waals surface area contributed by atoms with E-state index in [0.29, 0.717) is 28.6 Å². The van der Waals surface area contributed by atoms with Crippen LogP contribution in [0.15, 0.2) is 67.0 Å². The van der Waals surface area contributed by atoms with Gasteiger partial charge in [0.25, 0.3) is 5.91 Å². The molecule has 24 heavy (non-hydrogen) atoms. The van der Waals surface area contributed by atoms with E-state index in [1.54, 1.807) is 48.8 Å². The number of aromatic nitrogens is 2. The minimum Gasteiger partial charge on any atom is -0.364 e. The molecular weight excluding hydrogens is 324 g/mol. The van der Waals surface area contributed by atoms with Crippen molar-refractivity contribution in [3.63, 3.8) is 0 Å². The molecule has 2 N–H and O–H groups in total. The van der Waals surface area contributed by atoms with Crippen LogP contribution in [0.1, 0.15) is 16.1 Å². The number of benzene rings is 1. The van der Waals surface area contributed by atoms with Gasteiger partial charge in [-0.25, -0.2) is 4.98 Å². The highest BCUT2D eigenvalue weighted by Gasteiger charge is 2.09. The number of hydrogen-bond donors (Lipinski definition) is 2. The van der Waals surface area contributed by atoms with Crippen molar-refractivity contribution in [1.82, 2.24) is 9.97 Å². The van der Waals surface area contributed by atoms with Crippen LogP contribution >= 0.6 is 11.6 Å². The predicted molar refractivity (Wildman–Crippen MR) is 95.2 cm³/mol. The number of hydrogen-bond acceptors (Lipinski definition) is 4. The molecule has 0 radical (unpaired) electrons. The number of nitrogens with zero attached hydrogens (tertiary/aromatic N) is 2. The Morgan fingerprint density at radius 3 is 2.54 bits per heavy atom. The van der Waals surface area contributed by atoms with E-state index >= 15 is 0 Å². The highest BCUT2D eigenvalue weighted by atomic mass is 35.5. The van der Waals surface area contributed by atoms with Gasteiger partial charge in [0.1, 0.15) is 5.82 Å². The summed E-state index contributed by atoms with van der Waals surface area (Å²) in [5.74, 6) is 0.438. The van der Waals surface area contributed by atoms with Crippen LogP contribution in [0.5, 0.6) is 0 Å². The lowest BCUT2D eigenvalue weighted by atomic mass is 10.2. The van der Waals surface area contributed by atoms with Crippen LogP contribution in [0.3, 0.4) is 0 Å². The fourth-order valence-corrected chi connectivity index (χ4v) is 2.32. The molecule has 120 valence electrons. The second-order valence-electron chi connectivity index (χ2n) is 5.04. The summed E-state index contributed by atoms with van der Waals surface area (Å²) in [5, 5.41) is 6.36. The topological polar surface area (TPSA) is 66.9 Å². The maximum absolute atomic E-state index is 12.2. The Bertz CT molecular complexity index is 822. The molecule has 6 heteroatoms. The van der Waals surface area contributed by atoms with Gasteiger partial charge in [-0.3, -0.25) is 9.78 Å². The first-order valence-electron chi connectivity index (χ1n) is 7.38. The molecule has 2 heterocycles. The van der Waals surface area contributed by atoms with Crippen molar-refractivity contribution in [2.24, 2.45) is 0 Å². The summed E-state index contributed by atoms with van der Waals surface area (Å²) in [4.78, 5) is 20.7. The van der Waals surface area contributed by atoms with Gasteiger partial charge in [-0.1, -0.05) is 29.8 Å². The third-order valence-electron chi connectivity index (χ3n) is 3.32. The Labute approximate surface area is 144 Å². The Morgan fingerprint density at radius 2 is 1.83 bits per heavy atom. The van der Waals surface area contributed by atoms with Crippen molar-refractivity contribution in [2.75, 3.05) is 10.6 Å². The van der Waals surface area contributed by atoms with E-state index in [1.807, 2.05) is 18.2 Å². The minimum atomic E-state index is -0.267.